The highest BCUT2D eigenvalue weighted by Crippen LogP contribution is 2.23. The van der Waals surface area contributed by atoms with Crippen LogP contribution in [0.3, 0.4) is 0 Å². The molecule has 160 valence electrons. The number of piperidine rings is 1. The van der Waals surface area contributed by atoms with Gasteiger partial charge in [0.05, 0.1) is 16.7 Å². The van der Waals surface area contributed by atoms with Gasteiger partial charge in [-0.15, -0.1) is 12.6 Å². The molecule has 0 aliphatic carbocycles. The van der Waals surface area contributed by atoms with Gasteiger partial charge in [-0.3, -0.25) is 24.1 Å². The van der Waals surface area contributed by atoms with Crippen LogP contribution in [0.25, 0.3) is 0 Å². The van der Waals surface area contributed by atoms with Gasteiger partial charge in [0.1, 0.15) is 0 Å². The van der Waals surface area contributed by atoms with Gasteiger partial charge in [0.25, 0.3) is 17.7 Å². The molecule has 0 unspecified atom stereocenters. The van der Waals surface area contributed by atoms with Crippen LogP contribution in [0, 0.1) is 0 Å². The van der Waals surface area contributed by atoms with E-state index in [-0.39, 0.29) is 42.6 Å². The molecule has 1 N–H and O–H groups in total. The Morgan fingerprint density at radius 3 is 2.13 bits per heavy atom. The predicted octanol–water partition coefficient (Wildman–Crippen LogP) is 2.38. The molecule has 31 heavy (non-hydrogen) atoms. The Bertz CT molecular complexity index is 1010. The fourth-order valence-corrected chi connectivity index (χ4v) is 4.27. The first-order valence-corrected chi connectivity index (χ1v) is 10.7. The number of likely N-dealkylation sites (tertiary alicyclic amines) is 1. The number of rotatable bonds is 5. The van der Waals surface area contributed by atoms with Crippen molar-refractivity contribution < 1.29 is 19.2 Å². The molecule has 0 saturated carbocycles. The zero-order valence-electron chi connectivity index (χ0n) is 16.9. The molecular formula is C23H23N3O4S. The average Bonchev–Trinajstić information content (AvgIpc) is 3.03. The van der Waals surface area contributed by atoms with E-state index >= 15 is 0 Å². The predicted molar refractivity (Wildman–Crippen MR) is 117 cm³/mol. The Morgan fingerprint density at radius 2 is 1.52 bits per heavy atom. The summed E-state index contributed by atoms with van der Waals surface area (Å²) in [6.07, 6.45) is 1.40. The zero-order chi connectivity index (χ0) is 22.0. The summed E-state index contributed by atoms with van der Waals surface area (Å²) in [7, 11) is 0. The van der Waals surface area contributed by atoms with Crippen LogP contribution in [0.5, 0.6) is 0 Å². The van der Waals surface area contributed by atoms with E-state index in [9.17, 15) is 19.2 Å². The van der Waals surface area contributed by atoms with E-state index in [1.54, 1.807) is 47.4 Å². The molecule has 2 aliphatic rings. The number of nitrogens with one attached hydrogen (secondary N) is 1. The highest BCUT2D eigenvalue weighted by molar-refractivity contribution is 7.80. The Hall–Kier alpha value is -3.13. The van der Waals surface area contributed by atoms with E-state index < -0.39 is 0 Å². The largest absolute Gasteiger partial charge is 0.349 e. The van der Waals surface area contributed by atoms with Crippen molar-refractivity contribution in [2.45, 2.75) is 30.2 Å². The van der Waals surface area contributed by atoms with Gasteiger partial charge >= 0.3 is 0 Å². The smallest absolute Gasteiger partial charge is 0.261 e. The number of nitrogens with zero attached hydrogens (tertiary/aromatic N) is 2. The van der Waals surface area contributed by atoms with E-state index in [4.69, 9.17) is 0 Å². The minimum atomic E-state index is -0.348. The molecule has 7 nitrogen and oxygen atoms in total. The van der Waals surface area contributed by atoms with Crippen LogP contribution in [-0.4, -0.2) is 59.1 Å². The molecule has 0 aromatic heterocycles. The van der Waals surface area contributed by atoms with Gasteiger partial charge in [0.2, 0.25) is 5.91 Å². The number of carbonyl (C=O) groups is 4. The van der Waals surface area contributed by atoms with Crippen molar-refractivity contribution in [2.24, 2.45) is 0 Å². The molecule has 1 fully saturated rings. The lowest BCUT2D eigenvalue weighted by Crippen LogP contribution is -2.47. The van der Waals surface area contributed by atoms with Gasteiger partial charge < -0.3 is 10.2 Å². The van der Waals surface area contributed by atoms with Crippen LogP contribution in [0.2, 0.25) is 0 Å². The molecule has 0 spiro atoms. The summed E-state index contributed by atoms with van der Waals surface area (Å²) >= 11 is 4.32. The van der Waals surface area contributed by atoms with Crippen molar-refractivity contribution >= 4 is 36.3 Å². The van der Waals surface area contributed by atoms with Crippen LogP contribution in [-0.2, 0) is 4.79 Å². The highest BCUT2D eigenvalue weighted by Gasteiger charge is 2.35. The van der Waals surface area contributed by atoms with E-state index in [0.717, 1.165) is 4.90 Å². The van der Waals surface area contributed by atoms with Crippen molar-refractivity contribution in [3.8, 4) is 0 Å². The molecule has 4 rings (SSSR count). The lowest BCUT2D eigenvalue weighted by molar-refractivity contribution is -0.132. The number of hydrogen-bond donors (Lipinski definition) is 2. The third-order valence-corrected chi connectivity index (χ3v) is 6.15. The molecular weight excluding hydrogens is 414 g/mol. The number of imide groups is 1. The number of fused-ring (bicyclic) bond motifs is 1. The molecule has 2 aromatic carbocycles. The SMILES string of the molecule is O=C(NC1CCN(C(=O)CCN2C(=O)c3ccccc3C2=O)CC1)c1ccccc1S. The number of amides is 4. The van der Waals surface area contributed by atoms with Crippen LogP contribution < -0.4 is 5.32 Å². The summed E-state index contributed by atoms with van der Waals surface area (Å²) < 4.78 is 0. The first kappa shape index (κ1) is 21.1. The lowest BCUT2D eigenvalue weighted by Gasteiger charge is -2.32. The van der Waals surface area contributed by atoms with Crippen LogP contribution >= 0.6 is 12.6 Å². The molecule has 0 atom stereocenters. The van der Waals surface area contributed by atoms with Crippen molar-refractivity contribution in [3.63, 3.8) is 0 Å². The Balaban J connectivity index is 1.26. The normalized spacial score (nSPS) is 16.4. The molecule has 8 heteroatoms. The van der Waals surface area contributed by atoms with Gasteiger partial charge in [0.15, 0.2) is 0 Å². The van der Waals surface area contributed by atoms with Crippen LogP contribution in [0.1, 0.15) is 50.3 Å². The standard InChI is InChI=1S/C23H23N3O4S/c27-20(11-14-26-22(29)16-5-1-2-6-17(16)23(26)30)25-12-9-15(10-13-25)24-21(28)18-7-3-4-8-19(18)31/h1-8,15,31H,9-14H2,(H,24,28). The third kappa shape index (κ3) is 4.34. The van der Waals surface area contributed by atoms with E-state index in [1.165, 1.54) is 0 Å². The van der Waals surface area contributed by atoms with Crippen LogP contribution in [0.4, 0.5) is 0 Å². The quantitative estimate of drug-likeness (QED) is 0.556. The molecule has 4 amide bonds. The zero-order valence-corrected chi connectivity index (χ0v) is 17.8. The summed E-state index contributed by atoms with van der Waals surface area (Å²) in [5, 5.41) is 3.01. The van der Waals surface area contributed by atoms with E-state index in [2.05, 4.69) is 17.9 Å². The lowest BCUT2D eigenvalue weighted by atomic mass is 10.0. The second kappa shape index (κ2) is 8.93. The first-order chi connectivity index (χ1) is 15.0. The van der Waals surface area contributed by atoms with Gasteiger partial charge in [-0.25, -0.2) is 0 Å². The maximum atomic E-state index is 12.6. The van der Waals surface area contributed by atoms with Crippen LogP contribution in [0.15, 0.2) is 53.4 Å². The topological polar surface area (TPSA) is 86.8 Å². The number of thiol groups is 1. The molecule has 0 bridgehead atoms. The van der Waals surface area contributed by atoms with Crippen molar-refractivity contribution in [3.05, 3.63) is 65.2 Å². The van der Waals surface area contributed by atoms with Crippen molar-refractivity contribution in [1.29, 1.82) is 0 Å². The van der Waals surface area contributed by atoms with Crippen molar-refractivity contribution in [2.75, 3.05) is 19.6 Å². The van der Waals surface area contributed by atoms with E-state index in [0.29, 0.717) is 47.5 Å². The summed E-state index contributed by atoms with van der Waals surface area (Å²) in [6.45, 7) is 1.11. The summed E-state index contributed by atoms with van der Waals surface area (Å²) in [5.41, 5.74) is 1.31. The van der Waals surface area contributed by atoms with Crippen molar-refractivity contribution in [1.82, 2.24) is 15.1 Å². The minimum Gasteiger partial charge on any atom is -0.349 e. The fourth-order valence-electron chi connectivity index (χ4n) is 4.01. The second-order valence-electron chi connectivity index (χ2n) is 7.70. The Morgan fingerprint density at radius 1 is 0.935 bits per heavy atom. The second-order valence-corrected chi connectivity index (χ2v) is 8.19. The monoisotopic (exact) mass is 437 g/mol. The third-order valence-electron chi connectivity index (χ3n) is 5.76. The highest BCUT2D eigenvalue weighted by atomic mass is 32.1. The number of carbonyl (C=O) groups excluding carboxylic acids is 4. The summed E-state index contributed by atoms with van der Waals surface area (Å²) in [5.74, 6) is -0.957. The molecule has 1 saturated heterocycles. The maximum Gasteiger partial charge on any atom is 0.261 e. The summed E-state index contributed by atoms with van der Waals surface area (Å²) in [4.78, 5) is 53.4. The number of hydrogen-bond acceptors (Lipinski definition) is 5. The molecule has 0 radical (unpaired) electrons. The summed E-state index contributed by atoms with van der Waals surface area (Å²) in [6, 6.07) is 13.8. The fraction of sp³-hybridized carbons (Fsp3) is 0.304. The number of benzene rings is 2. The molecule has 2 aromatic rings. The first-order valence-electron chi connectivity index (χ1n) is 10.3. The minimum absolute atomic E-state index is 0.0132. The Labute approximate surface area is 185 Å². The Kier molecular flexibility index (Phi) is 6.08. The molecule has 2 heterocycles. The molecule has 2 aliphatic heterocycles. The average molecular weight is 438 g/mol. The maximum absolute atomic E-state index is 12.6. The van der Waals surface area contributed by atoms with Gasteiger partial charge in [-0.2, -0.15) is 0 Å². The van der Waals surface area contributed by atoms with Gasteiger partial charge in [-0.05, 0) is 37.1 Å². The van der Waals surface area contributed by atoms with E-state index in [1.807, 2.05) is 6.07 Å². The van der Waals surface area contributed by atoms with Gasteiger partial charge in [0, 0.05) is 37.0 Å². The van der Waals surface area contributed by atoms with Gasteiger partial charge in [-0.1, -0.05) is 24.3 Å².